The van der Waals surface area contributed by atoms with Gasteiger partial charge in [-0.1, -0.05) is 12.1 Å². The molecular weight excluding hydrogens is 459 g/mol. The van der Waals surface area contributed by atoms with E-state index in [1.54, 1.807) is 22.9 Å². The fraction of sp³-hybridized carbons (Fsp3) is 0.526. The number of carbonyl (C=O) groups excluding carboxylic acids is 3. The fourth-order valence-corrected chi connectivity index (χ4v) is 4.28. The summed E-state index contributed by atoms with van der Waals surface area (Å²) in [5, 5.41) is 6.29. The van der Waals surface area contributed by atoms with Crippen LogP contribution in [0.25, 0.3) is 0 Å². The molecule has 0 saturated carbocycles. The lowest BCUT2D eigenvalue weighted by Crippen LogP contribution is -2.56. The lowest BCUT2D eigenvalue weighted by molar-refractivity contribution is -0.140. The van der Waals surface area contributed by atoms with E-state index in [4.69, 9.17) is 0 Å². The molecule has 2 aliphatic heterocycles. The number of hydrogen-bond donors (Lipinski definition) is 2. The van der Waals surface area contributed by atoms with Gasteiger partial charge in [-0.05, 0) is 38.0 Å². The summed E-state index contributed by atoms with van der Waals surface area (Å²) < 4.78 is 1.18. The summed E-state index contributed by atoms with van der Waals surface area (Å²) >= 11 is 1.77. The highest BCUT2D eigenvalue weighted by Crippen LogP contribution is 2.31. The predicted octanol–water partition coefficient (Wildman–Crippen LogP) is 1.89. The molecule has 0 aliphatic carbocycles. The van der Waals surface area contributed by atoms with Crippen LogP contribution in [-0.4, -0.2) is 57.5 Å². The minimum atomic E-state index is -0.299. The van der Waals surface area contributed by atoms with Crippen molar-refractivity contribution in [2.75, 3.05) is 25.0 Å². The summed E-state index contributed by atoms with van der Waals surface area (Å²) in [6, 6.07) is 7.98. The third-order valence-electron chi connectivity index (χ3n) is 5.29. The van der Waals surface area contributed by atoms with Gasteiger partial charge in [0.15, 0.2) is 0 Å². The topological polar surface area (TPSA) is 81.8 Å². The number of nitrogens with one attached hydrogen (secondary N) is 2. The highest BCUT2D eigenvalue weighted by atomic mass is 127. The van der Waals surface area contributed by atoms with E-state index < -0.39 is 0 Å². The summed E-state index contributed by atoms with van der Waals surface area (Å²) in [4.78, 5) is 38.5. The van der Waals surface area contributed by atoms with Gasteiger partial charge in [-0.15, -0.1) is 0 Å². The molecule has 2 saturated heterocycles. The Morgan fingerprint density at radius 2 is 1.81 bits per heavy atom. The number of piperazine rings is 1. The highest BCUT2D eigenvalue weighted by molar-refractivity contribution is 14.1. The molecule has 7 nitrogen and oxygen atoms in total. The molecule has 146 valence electrons. The van der Waals surface area contributed by atoms with Crippen LogP contribution in [0.4, 0.5) is 5.69 Å². The second-order valence-electron chi connectivity index (χ2n) is 7.30. The van der Waals surface area contributed by atoms with Gasteiger partial charge in [0.05, 0.1) is 35.3 Å². The first-order valence-electron chi connectivity index (χ1n) is 9.25. The van der Waals surface area contributed by atoms with Crippen LogP contribution in [0.15, 0.2) is 24.3 Å². The first-order chi connectivity index (χ1) is 12.9. The number of anilines is 1. The second-order valence-corrected chi connectivity index (χ2v) is 8.27. The SMILES string of the molecule is C[C@@H]1CNC[C@H](C)N1CC(=O)Nc1ccc(C2CCC(=O)N(I)C2=O)cc1. The van der Waals surface area contributed by atoms with Crippen LogP contribution in [0.5, 0.6) is 0 Å². The van der Waals surface area contributed by atoms with Crippen molar-refractivity contribution in [1.82, 2.24) is 13.3 Å². The molecule has 0 bridgehead atoms. The third kappa shape index (κ3) is 4.67. The molecule has 0 radical (unpaired) electrons. The number of rotatable bonds is 4. The molecule has 3 atom stereocenters. The molecule has 3 amide bonds. The van der Waals surface area contributed by atoms with Crippen LogP contribution in [-0.2, 0) is 14.4 Å². The van der Waals surface area contributed by atoms with E-state index >= 15 is 0 Å². The van der Waals surface area contributed by atoms with E-state index in [1.807, 2.05) is 24.3 Å². The predicted molar refractivity (Wildman–Crippen MR) is 111 cm³/mol. The zero-order valence-corrected chi connectivity index (χ0v) is 17.7. The van der Waals surface area contributed by atoms with E-state index in [9.17, 15) is 14.4 Å². The van der Waals surface area contributed by atoms with E-state index in [1.165, 1.54) is 3.11 Å². The Hall–Kier alpha value is -1.52. The maximum Gasteiger partial charge on any atom is 0.245 e. The number of nitrogens with zero attached hydrogens (tertiary/aromatic N) is 2. The molecule has 1 aromatic rings. The van der Waals surface area contributed by atoms with Crippen molar-refractivity contribution in [1.29, 1.82) is 0 Å². The largest absolute Gasteiger partial charge is 0.325 e. The van der Waals surface area contributed by atoms with Gasteiger partial charge in [-0.25, -0.2) is 3.11 Å². The molecule has 2 aliphatic rings. The quantitative estimate of drug-likeness (QED) is 0.388. The number of carbonyl (C=O) groups is 3. The van der Waals surface area contributed by atoms with Crippen molar-refractivity contribution < 1.29 is 14.4 Å². The Kier molecular flexibility index (Phi) is 6.48. The minimum absolute atomic E-state index is 0.0406. The van der Waals surface area contributed by atoms with E-state index in [0.29, 0.717) is 37.2 Å². The Balaban J connectivity index is 1.60. The van der Waals surface area contributed by atoms with Crippen LogP contribution in [0.2, 0.25) is 0 Å². The minimum Gasteiger partial charge on any atom is -0.325 e. The van der Waals surface area contributed by atoms with Crippen molar-refractivity contribution in [3.05, 3.63) is 29.8 Å². The first-order valence-corrected chi connectivity index (χ1v) is 10.2. The molecule has 2 N–H and O–H groups in total. The summed E-state index contributed by atoms with van der Waals surface area (Å²) in [6.07, 6.45) is 0.903. The van der Waals surface area contributed by atoms with Crippen molar-refractivity contribution >= 4 is 46.3 Å². The van der Waals surface area contributed by atoms with Gasteiger partial charge in [-0.3, -0.25) is 19.3 Å². The lowest BCUT2D eigenvalue weighted by atomic mass is 9.90. The van der Waals surface area contributed by atoms with E-state index in [0.717, 1.165) is 18.7 Å². The number of imide groups is 1. The van der Waals surface area contributed by atoms with Gasteiger partial charge in [0.25, 0.3) is 0 Å². The molecule has 3 rings (SSSR count). The Morgan fingerprint density at radius 3 is 2.44 bits per heavy atom. The average molecular weight is 484 g/mol. The van der Waals surface area contributed by atoms with Gasteiger partial charge < -0.3 is 10.6 Å². The van der Waals surface area contributed by atoms with Crippen molar-refractivity contribution in [2.45, 2.75) is 44.7 Å². The Labute approximate surface area is 173 Å². The van der Waals surface area contributed by atoms with E-state index in [2.05, 4.69) is 29.4 Å². The lowest BCUT2D eigenvalue weighted by Gasteiger charge is -2.38. The molecule has 27 heavy (non-hydrogen) atoms. The van der Waals surface area contributed by atoms with Crippen molar-refractivity contribution in [3.8, 4) is 0 Å². The maximum atomic E-state index is 12.4. The zero-order chi connectivity index (χ0) is 19.6. The second kappa shape index (κ2) is 8.66. The normalized spacial score (nSPS) is 26.9. The van der Waals surface area contributed by atoms with Crippen molar-refractivity contribution in [3.63, 3.8) is 0 Å². The average Bonchev–Trinajstić information content (AvgIpc) is 2.64. The number of piperidine rings is 1. The van der Waals surface area contributed by atoms with Crippen molar-refractivity contribution in [2.24, 2.45) is 0 Å². The van der Waals surface area contributed by atoms with Crippen LogP contribution < -0.4 is 10.6 Å². The maximum absolute atomic E-state index is 12.4. The highest BCUT2D eigenvalue weighted by Gasteiger charge is 2.34. The molecule has 1 unspecified atom stereocenters. The molecule has 0 aromatic heterocycles. The molecular formula is C19H25IN4O3. The standard InChI is InChI=1S/C19H25IN4O3/c1-12-9-21-10-13(2)23(12)11-17(25)22-15-5-3-14(4-6-15)16-7-8-18(26)24(20)19(16)27/h3-6,12-13,16,21H,7-11H2,1-2H3,(H,22,25)/t12-,13+,16?. The van der Waals surface area contributed by atoms with E-state index in [-0.39, 0.29) is 23.6 Å². The Bertz CT molecular complexity index is 714. The Morgan fingerprint density at radius 1 is 1.19 bits per heavy atom. The molecule has 2 heterocycles. The van der Waals surface area contributed by atoms with Crippen LogP contribution in [0, 0.1) is 0 Å². The summed E-state index contributed by atoms with van der Waals surface area (Å²) in [6.45, 7) is 6.37. The third-order valence-corrected chi connectivity index (χ3v) is 6.31. The fourth-order valence-electron chi connectivity index (χ4n) is 3.71. The first kappa shape index (κ1) is 20.2. The molecule has 2 fully saturated rings. The number of benzene rings is 1. The van der Waals surface area contributed by atoms with Crippen LogP contribution >= 0.6 is 22.9 Å². The van der Waals surface area contributed by atoms with Gasteiger partial charge in [0.2, 0.25) is 17.7 Å². The summed E-state index contributed by atoms with van der Waals surface area (Å²) in [7, 11) is 0. The summed E-state index contributed by atoms with van der Waals surface area (Å²) in [5.41, 5.74) is 1.58. The monoisotopic (exact) mass is 484 g/mol. The van der Waals surface area contributed by atoms with Gasteiger partial charge in [0, 0.05) is 37.3 Å². The smallest absolute Gasteiger partial charge is 0.245 e. The van der Waals surface area contributed by atoms with Crippen LogP contribution in [0.3, 0.4) is 0 Å². The molecule has 8 heteroatoms. The molecule has 1 aromatic carbocycles. The number of halogens is 1. The number of hydrogen-bond acceptors (Lipinski definition) is 5. The summed E-state index contributed by atoms with van der Waals surface area (Å²) in [5.74, 6) is -0.657. The van der Waals surface area contributed by atoms with Crippen LogP contribution in [0.1, 0.15) is 38.2 Å². The zero-order valence-electron chi connectivity index (χ0n) is 15.6. The van der Waals surface area contributed by atoms with Gasteiger partial charge in [0.1, 0.15) is 0 Å². The van der Waals surface area contributed by atoms with Gasteiger partial charge in [-0.2, -0.15) is 0 Å². The molecule has 0 spiro atoms. The number of amides is 3. The van der Waals surface area contributed by atoms with Gasteiger partial charge >= 0.3 is 0 Å².